The maximum atomic E-state index is 12.9. The Morgan fingerprint density at radius 2 is 2.00 bits per heavy atom. The van der Waals surface area contributed by atoms with E-state index in [1.807, 2.05) is 6.92 Å². The molecule has 23 heavy (non-hydrogen) atoms. The molecule has 0 radical (unpaired) electrons. The van der Waals surface area contributed by atoms with Gasteiger partial charge in [-0.1, -0.05) is 19.8 Å². The Morgan fingerprint density at radius 3 is 2.57 bits per heavy atom. The zero-order valence-corrected chi connectivity index (χ0v) is 13.3. The molecule has 0 saturated carbocycles. The number of nitrogens with one attached hydrogen (secondary N) is 1. The number of halogens is 1. The largest absolute Gasteiger partial charge is 0.342 e. The van der Waals surface area contributed by atoms with Gasteiger partial charge in [0.2, 0.25) is 5.78 Å². The van der Waals surface area contributed by atoms with Crippen molar-refractivity contribution in [2.75, 3.05) is 0 Å². The second-order valence-corrected chi connectivity index (χ2v) is 5.40. The van der Waals surface area contributed by atoms with Crippen molar-refractivity contribution in [2.45, 2.75) is 32.2 Å². The first-order valence-corrected chi connectivity index (χ1v) is 7.61. The van der Waals surface area contributed by atoms with Gasteiger partial charge in [-0.3, -0.25) is 9.59 Å². The van der Waals surface area contributed by atoms with Crippen LogP contribution in [0.25, 0.3) is 0 Å². The van der Waals surface area contributed by atoms with Crippen molar-refractivity contribution in [2.24, 2.45) is 7.05 Å². The van der Waals surface area contributed by atoms with Gasteiger partial charge < -0.3 is 9.88 Å². The molecule has 122 valence electrons. The number of ketones is 1. The highest BCUT2D eigenvalue weighted by Crippen LogP contribution is 2.10. The van der Waals surface area contributed by atoms with Gasteiger partial charge in [0.1, 0.15) is 5.82 Å². The van der Waals surface area contributed by atoms with E-state index < -0.39 is 17.8 Å². The van der Waals surface area contributed by atoms with E-state index in [-0.39, 0.29) is 5.78 Å². The number of benzene rings is 1. The van der Waals surface area contributed by atoms with Crippen molar-refractivity contribution >= 4 is 11.7 Å². The fraction of sp³-hybridized carbons (Fsp3) is 0.353. The maximum absolute atomic E-state index is 12.9. The summed E-state index contributed by atoms with van der Waals surface area (Å²) in [5.74, 6) is -0.714. The van der Waals surface area contributed by atoms with E-state index in [9.17, 15) is 14.0 Å². The van der Waals surface area contributed by atoms with Crippen LogP contribution in [0.15, 0.2) is 36.7 Å². The molecule has 2 aromatic rings. The number of aryl methyl sites for hydroxylation is 1. The van der Waals surface area contributed by atoms with Crippen molar-refractivity contribution in [1.82, 2.24) is 14.9 Å². The van der Waals surface area contributed by atoms with Crippen molar-refractivity contribution in [3.63, 3.8) is 0 Å². The minimum Gasteiger partial charge on any atom is -0.342 e. The molecule has 1 heterocycles. The number of hydrogen-bond donors (Lipinski definition) is 1. The topological polar surface area (TPSA) is 64.0 Å². The summed E-state index contributed by atoms with van der Waals surface area (Å²) < 4.78 is 14.6. The van der Waals surface area contributed by atoms with E-state index in [4.69, 9.17) is 0 Å². The number of Topliss-reactive ketones (excluding diaryl/α,β-unsaturated/α-hetero) is 1. The first-order valence-electron chi connectivity index (χ1n) is 7.61. The molecule has 0 saturated heterocycles. The molecule has 5 nitrogen and oxygen atoms in total. The van der Waals surface area contributed by atoms with Crippen LogP contribution in [0, 0.1) is 5.82 Å². The molecule has 1 N–H and O–H groups in total. The van der Waals surface area contributed by atoms with E-state index >= 15 is 0 Å². The van der Waals surface area contributed by atoms with Crippen LogP contribution in [0.3, 0.4) is 0 Å². The second-order valence-electron chi connectivity index (χ2n) is 5.40. The summed E-state index contributed by atoms with van der Waals surface area (Å²) >= 11 is 0. The molecule has 0 bridgehead atoms. The van der Waals surface area contributed by atoms with E-state index in [0.717, 1.165) is 12.8 Å². The summed E-state index contributed by atoms with van der Waals surface area (Å²) in [6.07, 6.45) is 5.49. The Bertz CT molecular complexity index is 679. The third kappa shape index (κ3) is 4.25. The minimum absolute atomic E-state index is 0.221. The second kappa shape index (κ2) is 7.67. The summed E-state index contributed by atoms with van der Waals surface area (Å²) in [7, 11) is 1.74. The molecule has 1 aromatic heterocycles. The number of imidazole rings is 1. The van der Waals surface area contributed by atoms with Crippen LogP contribution in [-0.2, 0) is 7.05 Å². The normalized spacial score (nSPS) is 12.0. The first-order chi connectivity index (χ1) is 11.0. The van der Waals surface area contributed by atoms with E-state index in [0.29, 0.717) is 17.8 Å². The fourth-order valence-electron chi connectivity index (χ4n) is 2.28. The van der Waals surface area contributed by atoms with Crippen LogP contribution >= 0.6 is 0 Å². The molecule has 0 aliphatic carbocycles. The van der Waals surface area contributed by atoms with Crippen LogP contribution < -0.4 is 5.32 Å². The number of nitrogens with zero attached hydrogens (tertiary/aromatic N) is 2. The van der Waals surface area contributed by atoms with Gasteiger partial charge in [-0.25, -0.2) is 9.37 Å². The molecule has 0 fully saturated rings. The fourth-order valence-corrected chi connectivity index (χ4v) is 2.28. The summed E-state index contributed by atoms with van der Waals surface area (Å²) in [5.41, 5.74) is 0.320. The Labute approximate surface area is 134 Å². The summed E-state index contributed by atoms with van der Waals surface area (Å²) in [5, 5.41) is 2.74. The Balaban J connectivity index is 2.15. The van der Waals surface area contributed by atoms with Crippen molar-refractivity contribution < 1.29 is 14.0 Å². The molecule has 0 aliphatic heterocycles. The molecule has 0 aliphatic rings. The van der Waals surface area contributed by atoms with Crippen LogP contribution in [0.1, 0.15) is 47.2 Å². The third-order valence-corrected chi connectivity index (χ3v) is 3.62. The smallest absolute Gasteiger partial charge is 0.251 e. The van der Waals surface area contributed by atoms with Crippen molar-refractivity contribution in [3.8, 4) is 0 Å². The van der Waals surface area contributed by atoms with Crippen molar-refractivity contribution in [3.05, 3.63) is 53.9 Å². The van der Waals surface area contributed by atoms with Gasteiger partial charge in [0.25, 0.3) is 5.91 Å². The highest BCUT2D eigenvalue weighted by atomic mass is 19.1. The summed E-state index contributed by atoms with van der Waals surface area (Å²) in [6, 6.07) is 4.58. The maximum Gasteiger partial charge on any atom is 0.251 e. The number of carbonyl (C=O) groups excluding carboxylic acids is 2. The molecule has 2 rings (SSSR count). The quantitative estimate of drug-likeness (QED) is 0.799. The lowest BCUT2D eigenvalue weighted by molar-refractivity contribution is 0.0843. The minimum atomic E-state index is -0.645. The van der Waals surface area contributed by atoms with Gasteiger partial charge in [0.05, 0.1) is 6.04 Å². The highest BCUT2D eigenvalue weighted by molar-refractivity contribution is 6.02. The average molecular weight is 317 g/mol. The van der Waals surface area contributed by atoms with Gasteiger partial charge in [-0.05, 0) is 30.7 Å². The highest BCUT2D eigenvalue weighted by Gasteiger charge is 2.25. The standard InChI is InChI=1S/C17H20FN3O2/c1-3-4-5-14(15(22)16-19-10-11-21(16)2)20-17(23)12-6-8-13(18)9-7-12/h6-11,14H,3-5H2,1-2H3,(H,20,23). The predicted molar refractivity (Wildman–Crippen MR) is 84.7 cm³/mol. The zero-order valence-electron chi connectivity index (χ0n) is 13.3. The van der Waals surface area contributed by atoms with Gasteiger partial charge in [-0.2, -0.15) is 0 Å². The number of carbonyl (C=O) groups is 2. The van der Waals surface area contributed by atoms with Gasteiger partial charge >= 0.3 is 0 Å². The summed E-state index contributed by atoms with van der Waals surface area (Å²) in [4.78, 5) is 28.9. The number of amides is 1. The molecule has 1 aromatic carbocycles. The first kappa shape index (κ1) is 16.9. The molecule has 1 atom stereocenters. The van der Waals surface area contributed by atoms with Crippen LogP contribution in [0.2, 0.25) is 0 Å². The predicted octanol–water partition coefficient (Wildman–Crippen LogP) is 2.73. The molecule has 1 unspecified atom stereocenters. The van der Waals surface area contributed by atoms with Crippen molar-refractivity contribution in [1.29, 1.82) is 0 Å². The lowest BCUT2D eigenvalue weighted by atomic mass is 10.0. The molecule has 6 heteroatoms. The number of hydrogen-bond acceptors (Lipinski definition) is 3. The molecular formula is C17H20FN3O2. The Hall–Kier alpha value is -2.50. The summed E-state index contributed by atoms with van der Waals surface area (Å²) in [6.45, 7) is 2.02. The van der Waals surface area contributed by atoms with E-state index in [1.165, 1.54) is 24.3 Å². The lowest BCUT2D eigenvalue weighted by Gasteiger charge is -2.17. The van der Waals surface area contributed by atoms with E-state index in [2.05, 4.69) is 10.3 Å². The zero-order chi connectivity index (χ0) is 16.8. The average Bonchev–Trinajstić information content (AvgIpc) is 2.97. The van der Waals surface area contributed by atoms with Crippen LogP contribution in [0.4, 0.5) is 4.39 Å². The SMILES string of the molecule is CCCCC(NC(=O)c1ccc(F)cc1)C(=O)c1nccn1C. The van der Waals surface area contributed by atoms with Gasteiger partial charge in [-0.15, -0.1) is 0 Å². The van der Waals surface area contributed by atoms with Crippen LogP contribution in [-0.4, -0.2) is 27.3 Å². The number of unbranched alkanes of at least 4 members (excludes halogenated alkanes) is 1. The van der Waals surface area contributed by atoms with E-state index in [1.54, 1.807) is 24.0 Å². The Kier molecular flexibility index (Phi) is 5.62. The number of rotatable bonds is 7. The van der Waals surface area contributed by atoms with Crippen LogP contribution in [0.5, 0.6) is 0 Å². The van der Waals surface area contributed by atoms with Gasteiger partial charge in [0, 0.05) is 25.0 Å². The molecule has 1 amide bonds. The molecular weight excluding hydrogens is 297 g/mol. The number of aromatic nitrogens is 2. The Morgan fingerprint density at radius 1 is 1.30 bits per heavy atom. The lowest BCUT2D eigenvalue weighted by Crippen LogP contribution is -2.41. The third-order valence-electron chi connectivity index (χ3n) is 3.62. The van der Waals surface area contributed by atoms with Gasteiger partial charge in [0.15, 0.2) is 5.82 Å². The monoisotopic (exact) mass is 317 g/mol. The molecule has 0 spiro atoms.